The molecule has 37 heavy (non-hydrogen) atoms. The van der Waals surface area contributed by atoms with Crippen molar-refractivity contribution >= 4 is 52.2 Å². The van der Waals surface area contributed by atoms with E-state index in [1.54, 1.807) is 50.2 Å². The molecule has 2 aliphatic carbocycles. The number of rotatable bonds is 4. The van der Waals surface area contributed by atoms with Gasteiger partial charge in [0.05, 0.1) is 36.8 Å². The molecular formula is C27H23ClN2O5S2. The maximum Gasteiger partial charge on any atom is 0.305 e. The summed E-state index contributed by atoms with van der Waals surface area (Å²) in [4.78, 5) is 45.3. The average Bonchev–Trinajstić information content (AvgIpc) is 3.63. The lowest BCUT2D eigenvalue weighted by molar-refractivity contribution is -0.123. The van der Waals surface area contributed by atoms with Gasteiger partial charge in [0.15, 0.2) is 11.5 Å². The average molecular weight is 555 g/mol. The lowest BCUT2D eigenvalue weighted by Gasteiger charge is -2.43. The number of hydrogen-bond donors (Lipinski definition) is 1. The highest BCUT2D eigenvalue weighted by Gasteiger charge is 2.69. The van der Waals surface area contributed by atoms with E-state index in [1.165, 1.54) is 16.2 Å². The number of H-pyrrole nitrogens is 1. The Hall–Kier alpha value is -2.75. The Bertz CT molecular complexity index is 1500. The molecule has 7 rings (SSSR count). The molecule has 190 valence electrons. The van der Waals surface area contributed by atoms with Gasteiger partial charge in [-0.3, -0.25) is 19.3 Å². The van der Waals surface area contributed by atoms with Crippen LogP contribution in [0.15, 0.2) is 52.3 Å². The van der Waals surface area contributed by atoms with Crippen LogP contribution in [0.1, 0.15) is 22.8 Å². The minimum Gasteiger partial charge on any atom is -0.493 e. The second kappa shape index (κ2) is 8.38. The van der Waals surface area contributed by atoms with Gasteiger partial charge >= 0.3 is 4.87 Å². The van der Waals surface area contributed by atoms with Crippen molar-refractivity contribution in [2.24, 2.45) is 29.6 Å². The highest BCUT2D eigenvalue weighted by atomic mass is 35.5. The third-order valence-corrected chi connectivity index (χ3v) is 11.4. The van der Waals surface area contributed by atoms with Gasteiger partial charge in [-0.25, -0.2) is 0 Å². The number of nitrogens with one attached hydrogen (secondary N) is 1. The van der Waals surface area contributed by atoms with Gasteiger partial charge in [0.2, 0.25) is 11.8 Å². The summed E-state index contributed by atoms with van der Waals surface area (Å²) in [7, 11) is 3.21. The number of benzene rings is 2. The summed E-state index contributed by atoms with van der Waals surface area (Å²) in [5.74, 6) is 0.504. The van der Waals surface area contributed by atoms with Crippen LogP contribution in [-0.2, 0) is 9.59 Å². The zero-order chi connectivity index (χ0) is 25.6. The predicted molar refractivity (Wildman–Crippen MR) is 142 cm³/mol. The normalized spacial score (nSPS) is 31.3. The Morgan fingerprint density at radius 2 is 1.65 bits per heavy atom. The van der Waals surface area contributed by atoms with E-state index in [-0.39, 0.29) is 57.4 Å². The molecule has 1 aromatic heterocycles. The molecule has 3 heterocycles. The van der Waals surface area contributed by atoms with Crippen LogP contribution in [0.5, 0.6) is 11.5 Å². The van der Waals surface area contributed by atoms with Gasteiger partial charge in [-0.1, -0.05) is 29.0 Å². The van der Waals surface area contributed by atoms with Crippen LogP contribution in [0.2, 0.25) is 5.02 Å². The molecule has 1 saturated heterocycles. The Morgan fingerprint density at radius 3 is 2.35 bits per heavy atom. The Balaban J connectivity index is 1.32. The molecule has 2 saturated carbocycles. The number of imide groups is 1. The number of amides is 2. The number of thioether (sulfide) groups is 1. The molecule has 0 unspecified atom stereocenters. The molecule has 2 aromatic carbocycles. The Kier molecular flexibility index (Phi) is 5.29. The van der Waals surface area contributed by atoms with E-state index >= 15 is 0 Å². The standard InChI is InChI=1S/C27H23ClN2O5S2/c1-34-16-8-3-11(9-17(16)35-2)18-19-14-10-15(22(19)36-24-23(18)37-27(33)29-24)21-20(14)25(31)30(26(21)32)13-6-4-12(28)5-7-13/h3-9,14-15,18-22H,10H2,1-2H3,(H,29,33)/t14-,15+,18+,19-,20+,21-,22-/m1/s1. The molecule has 2 bridgehead atoms. The lowest BCUT2D eigenvalue weighted by Crippen LogP contribution is -2.42. The van der Waals surface area contributed by atoms with E-state index in [1.807, 2.05) is 18.2 Å². The molecule has 3 aromatic rings. The fourth-order valence-corrected chi connectivity index (χ4v) is 10.3. The van der Waals surface area contributed by atoms with E-state index in [4.69, 9.17) is 21.1 Å². The van der Waals surface area contributed by atoms with Crippen molar-refractivity contribution in [3.8, 4) is 11.5 Å². The van der Waals surface area contributed by atoms with E-state index in [0.717, 1.165) is 21.9 Å². The summed E-state index contributed by atoms with van der Waals surface area (Å²) in [5.41, 5.74) is 1.60. The minimum atomic E-state index is -0.352. The maximum absolute atomic E-state index is 13.8. The zero-order valence-corrected chi connectivity index (χ0v) is 22.4. The number of thiazole rings is 1. The van der Waals surface area contributed by atoms with Crippen molar-refractivity contribution in [3.05, 3.63) is 67.6 Å². The third-order valence-electron chi connectivity index (χ3n) is 8.58. The zero-order valence-electron chi connectivity index (χ0n) is 20.0. The quantitative estimate of drug-likeness (QED) is 0.467. The highest BCUT2D eigenvalue weighted by Crippen LogP contribution is 2.68. The second-order valence-electron chi connectivity index (χ2n) is 10.1. The third kappa shape index (κ3) is 3.23. The fraction of sp³-hybridized carbons (Fsp3) is 0.370. The number of halogens is 1. The van der Waals surface area contributed by atoms with Crippen molar-refractivity contribution in [2.45, 2.75) is 22.6 Å². The number of anilines is 1. The van der Waals surface area contributed by atoms with E-state index < -0.39 is 0 Å². The molecule has 4 aliphatic rings. The summed E-state index contributed by atoms with van der Waals surface area (Å²) in [6, 6.07) is 12.8. The van der Waals surface area contributed by atoms with Crippen LogP contribution in [0.25, 0.3) is 0 Å². The molecule has 7 nitrogen and oxygen atoms in total. The van der Waals surface area contributed by atoms with Crippen LogP contribution >= 0.6 is 34.7 Å². The van der Waals surface area contributed by atoms with Crippen LogP contribution in [-0.4, -0.2) is 36.3 Å². The summed E-state index contributed by atoms with van der Waals surface area (Å²) < 4.78 is 11.0. The predicted octanol–water partition coefficient (Wildman–Crippen LogP) is 4.78. The molecular weight excluding hydrogens is 532 g/mol. The van der Waals surface area contributed by atoms with Crippen molar-refractivity contribution in [1.82, 2.24) is 4.98 Å². The molecule has 0 spiro atoms. The molecule has 1 N–H and O–H groups in total. The summed E-state index contributed by atoms with van der Waals surface area (Å²) in [5, 5.41) is 1.57. The first-order valence-corrected chi connectivity index (χ1v) is 14.2. The van der Waals surface area contributed by atoms with Crippen LogP contribution in [0, 0.1) is 29.6 Å². The SMILES string of the molecule is COc1ccc([C@@H]2c3sc(=O)[nH]c3S[C@@H]3[C@H]4C[C@@H]([C@@H]5C(=O)N(c6ccc(Cl)cc6)C(=O)[C@H]45)[C@H]23)cc1OC. The number of carbonyl (C=O) groups is 2. The number of aromatic amines is 1. The maximum atomic E-state index is 13.8. The number of aromatic nitrogens is 1. The topological polar surface area (TPSA) is 88.7 Å². The molecule has 0 radical (unpaired) electrons. The number of fused-ring (bicyclic) bond motifs is 9. The summed E-state index contributed by atoms with van der Waals surface area (Å²) in [6.07, 6.45) is 0.840. The number of hydrogen-bond acceptors (Lipinski definition) is 7. The van der Waals surface area contributed by atoms with Crippen LogP contribution < -0.4 is 19.2 Å². The first kappa shape index (κ1) is 23.4. The van der Waals surface area contributed by atoms with E-state index in [2.05, 4.69) is 4.98 Å². The van der Waals surface area contributed by atoms with Crippen molar-refractivity contribution in [1.29, 1.82) is 0 Å². The van der Waals surface area contributed by atoms with E-state index in [9.17, 15) is 14.4 Å². The van der Waals surface area contributed by atoms with Crippen molar-refractivity contribution in [2.75, 3.05) is 19.1 Å². The van der Waals surface area contributed by atoms with Gasteiger partial charge in [0.1, 0.15) is 0 Å². The van der Waals surface area contributed by atoms with Gasteiger partial charge < -0.3 is 14.5 Å². The minimum absolute atomic E-state index is 0.0460. The van der Waals surface area contributed by atoms with Crippen molar-refractivity contribution in [3.63, 3.8) is 0 Å². The molecule has 3 fully saturated rings. The monoisotopic (exact) mass is 554 g/mol. The van der Waals surface area contributed by atoms with Gasteiger partial charge in [-0.2, -0.15) is 0 Å². The Labute approximate surface area is 226 Å². The number of carbonyl (C=O) groups excluding carboxylic acids is 2. The van der Waals surface area contributed by atoms with Gasteiger partial charge in [0, 0.05) is 21.1 Å². The second-order valence-corrected chi connectivity index (χ2v) is 12.7. The highest BCUT2D eigenvalue weighted by molar-refractivity contribution is 8.00. The lowest BCUT2D eigenvalue weighted by atomic mass is 9.68. The summed E-state index contributed by atoms with van der Waals surface area (Å²) >= 11 is 8.97. The van der Waals surface area contributed by atoms with Gasteiger partial charge in [-0.15, -0.1) is 11.8 Å². The smallest absolute Gasteiger partial charge is 0.305 e. The first-order valence-electron chi connectivity index (χ1n) is 12.2. The first-order chi connectivity index (χ1) is 17.9. The van der Waals surface area contributed by atoms with Gasteiger partial charge in [0.25, 0.3) is 0 Å². The van der Waals surface area contributed by atoms with Crippen molar-refractivity contribution < 1.29 is 19.1 Å². The fourth-order valence-electron chi connectivity index (χ4n) is 7.28. The van der Waals surface area contributed by atoms with E-state index in [0.29, 0.717) is 22.2 Å². The molecule has 2 aliphatic heterocycles. The molecule has 10 heteroatoms. The van der Waals surface area contributed by atoms with Crippen LogP contribution in [0.4, 0.5) is 5.69 Å². The number of nitrogens with zero attached hydrogens (tertiary/aromatic N) is 1. The van der Waals surface area contributed by atoms with Gasteiger partial charge in [-0.05, 0) is 66.1 Å². The van der Waals surface area contributed by atoms with Crippen LogP contribution in [0.3, 0.4) is 0 Å². The molecule has 7 atom stereocenters. The number of ether oxygens (including phenoxy) is 2. The number of methoxy groups -OCH3 is 2. The molecule has 2 amide bonds. The largest absolute Gasteiger partial charge is 0.493 e. The Morgan fingerprint density at radius 1 is 0.946 bits per heavy atom. The summed E-state index contributed by atoms with van der Waals surface area (Å²) in [6.45, 7) is 0.